The predicted molar refractivity (Wildman–Crippen MR) is 97.7 cm³/mol. The highest BCUT2D eigenvalue weighted by atomic mass is 35.5. The SMILES string of the molecule is C[C@]1(c2cc(C(=O)c3ccc(O)c(O)c3Cl)on2)[C@H](C(=O)O)N2C(=O)C[C@H]2S1(=O)=O. The van der Waals surface area contributed by atoms with E-state index >= 15 is 0 Å². The molecule has 3 heterocycles. The Kier molecular flexibility index (Phi) is 4.16. The molecule has 2 aromatic rings. The standard InChI is InChI=1S/C17H13ClN2O9S/c1-17(15(16(25)26)20-10(22)5-11(20)30(17,27)28)9-4-8(29-19-9)13(23)6-2-3-7(21)14(24)12(6)18/h2-4,11,15,21,24H,5H2,1H3,(H,25,26)/t11-,15+,17+/m1/s1. The number of carbonyl (C=O) groups is 3. The molecule has 158 valence electrons. The van der Waals surface area contributed by atoms with Gasteiger partial charge in [0, 0.05) is 11.6 Å². The monoisotopic (exact) mass is 456 g/mol. The third-order valence-corrected chi connectivity index (χ3v) is 8.62. The third kappa shape index (κ3) is 2.34. The van der Waals surface area contributed by atoms with E-state index in [1.54, 1.807) is 0 Å². The van der Waals surface area contributed by atoms with Gasteiger partial charge in [0.05, 0.1) is 11.4 Å². The minimum Gasteiger partial charge on any atom is -0.504 e. The Balaban J connectivity index is 1.80. The summed E-state index contributed by atoms with van der Waals surface area (Å²) in [6, 6.07) is 1.35. The number of carboxylic acid groups (broad SMARTS) is 1. The molecule has 3 atom stereocenters. The van der Waals surface area contributed by atoms with Gasteiger partial charge in [-0.15, -0.1) is 0 Å². The normalized spacial score (nSPS) is 26.9. The van der Waals surface area contributed by atoms with Crippen LogP contribution < -0.4 is 0 Å². The fraction of sp³-hybridized carbons (Fsp3) is 0.294. The molecule has 2 fully saturated rings. The van der Waals surface area contributed by atoms with Crippen LogP contribution in [0.25, 0.3) is 0 Å². The number of hydrogen-bond donors (Lipinski definition) is 3. The quantitative estimate of drug-likeness (QED) is 0.336. The molecule has 0 bridgehead atoms. The number of ketones is 1. The summed E-state index contributed by atoms with van der Waals surface area (Å²) in [6.07, 6.45) is -0.340. The molecule has 0 spiro atoms. The Labute approximate surface area is 173 Å². The van der Waals surface area contributed by atoms with Gasteiger partial charge < -0.3 is 24.7 Å². The molecule has 0 saturated carbocycles. The molecule has 1 aromatic heterocycles. The number of benzene rings is 1. The minimum absolute atomic E-state index is 0.261. The van der Waals surface area contributed by atoms with Crippen LogP contribution in [0.4, 0.5) is 0 Å². The van der Waals surface area contributed by atoms with Crippen molar-refractivity contribution in [3.8, 4) is 11.5 Å². The van der Waals surface area contributed by atoms with E-state index in [9.17, 15) is 38.1 Å². The lowest BCUT2D eigenvalue weighted by Crippen LogP contribution is -2.57. The van der Waals surface area contributed by atoms with Gasteiger partial charge in [0.15, 0.2) is 27.4 Å². The number of aliphatic carboxylic acids is 1. The molecule has 30 heavy (non-hydrogen) atoms. The van der Waals surface area contributed by atoms with E-state index < -0.39 is 65.9 Å². The van der Waals surface area contributed by atoms with Gasteiger partial charge in [0.2, 0.25) is 17.5 Å². The van der Waals surface area contributed by atoms with Gasteiger partial charge in [-0.25, -0.2) is 13.2 Å². The van der Waals surface area contributed by atoms with Gasteiger partial charge >= 0.3 is 5.97 Å². The first-order chi connectivity index (χ1) is 13.9. The van der Waals surface area contributed by atoms with Crippen molar-refractivity contribution in [2.45, 2.75) is 29.5 Å². The van der Waals surface area contributed by atoms with Crippen LogP contribution in [0.5, 0.6) is 11.5 Å². The lowest BCUT2D eigenvalue weighted by molar-refractivity contribution is -0.157. The zero-order valence-corrected chi connectivity index (χ0v) is 16.6. The summed E-state index contributed by atoms with van der Waals surface area (Å²) in [5.74, 6) is -4.82. The number of β-lactam (4-membered cyclic amide) rings is 1. The zero-order valence-electron chi connectivity index (χ0n) is 15.1. The van der Waals surface area contributed by atoms with Crippen molar-refractivity contribution >= 4 is 39.1 Å². The van der Waals surface area contributed by atoms with Crippen LogP contribution >= 0.6 is 11.6 Å². The second-order valence-electron chi connectivity index (χ2n) is 7.05. The largest absolute Gasteiger partial charge is 0.504 e. The van der Waals surface area contributed by atoms with E-state index in [1.165, 1.54) is 0 Å². The maximum absolute atomic E-state index is 13.0. The van der Waals surface area contributed by atoms with Crippen LogP contribution in [-0.2, 0) is 24.2 Å². The summed E-state index contributed by atoms with van der Waals surface area (Å²) in [5.41, 5.74) is -0.623. The van der Waals surface area contributed by atoms with Crippen molar-refractivity contribution in [2.24, 2.45) is 0 Å². The van der Waals surface area contributed by atoms with Gasteiger partial charge in [-0.05, 0) is 19.1 Å². The Morgan fingerprint density at radius 3 is 2.60 bits per heavy atom. The van der Waals surface area contributed by atoms with Crippen molar-refractivity contribution < 1.29 is 42.6 Å². The van der Waals surface area contributed by atoms with E-state index in [4.69, 9.17) is 16.1 Å². The molecule has 2 aliphatic rings. The summed E-state index contributed by atoms with van der Waals surface area (Å²) in [5, 5.41) is 30.6. The van der Waals surface area contributed by atoms with Crippen LogP contribution in [0.2, 0.25) is 5.02 Å². The molecular formula is C17H13ClN2O9S. The number of halogens is 1. The fourth-order valence-electron chi connectivity index (χ4n) is 3.79. The van der Waals surface area contributed by atoms with Crippen LogP contribution in [0.15, 0.2) is 22.7 Å². The van der Waals surface area contributed by atoms with Gasteiger partial charge in [0.1, 0.15) is 15.8 Å². The molecule has 4 rings (SSSR count). The third-order valence-electron chi connectivity index (χ3n) is 5.51. The zero-order chi connectivity index (χ0) is 22.2. The second kappa shape index (κ2) is 6.19. The lowest BCUT2D eigenvalue weighted by atomic mass is 9.93. The summed E-state index contributed by atoms with van der Waals surface area (Å²) < 4.78 is 28.8. The van der Waals surface area contributed by atoms with Gasteiger partial charge in [-0.2, -0.15) is 0 Å². The molecule has 2 aliphatic heterocycles. The highest BCUT2D eigenvalue weighted by Crippen LogP contribution is 2.51. The van der Waals surface area contributed by atoms with Gasteiger partial charge in [-0.1, -0.05) is 16.8 Å². The molecule has 0 unspecified atom stereocenters. The highest BCUT2D eigenvalue weighted by molar-refractivity contribution is 7.93. The Bertz CT molecular complexity index is 1240. The number of hydrogen-bond acceptors (Lipinski definition) is 9. The molecule has 11 nitrogen and oxygen atoms in total. The molecule has 0 aliphatic carbocycles. The smallest absolute Gasteiger partial charge is 0.328 e. The van der Waals surface area contributed by atoms with Crippen LogP contribution in [-0.4, -0.2) is 62.9 Å². The maximum Gasteiger partial charge on any atom is 0.328 e. The van der Waals surface area contributed by atoms with Crippen LogP contribution in [0, 0.1) is 0 Å². The van der Waals surface area contributed by atoms with Crippen molar-refractivity contribution in [2.75, 3.05) is 0 Å². The number of rotatable bonds is 4. The number of amides is 1. The molecule has 0 radical (unpaired) electrons. The first-order valence-electron chi connectivity index (χ1n) is 8.42. The van der Waals surface area contributed by atoms with E-state index in [2.05, 4.69) is 5.16 Å². The van der Waals surface area contributed by atoms with Gasteiger partial charge in [-0.3, -0.25) is 9.59 Å². The van der Waals surface area contributed by atoms with Gasteiger partial charge in [0.25, 0.3) is 0 Å². The van der Waals surface area contributed by atoms with Crippen molar-refractivity contribution in [3.05, 3.63) is 40.2 Å². The summed E-state index contributed by atoms with van der Waals surface area (Å²) in [6.45, 7) is 1.11. The summed E-state index contributed by atoms with van der Waals surface area (Å²) in [4.78, 5) is 37.2. The van der Waals surface area contributed by atoms with Crippen molar-refractivity contribution in [3.63, 3.8) is 0 Å². The van der Waals surface area contributed by atoms with Crippen LogP contribution in [0.3, 0.4) is 0 Å². The number of aromatic hydroxyl groups is 2. The average Bonchev–Trinajstić information content (AvgIpc) is 3.21. The number of phenolic OH excluding ortho intramolecular Hbond substituents is 2. The Morgan fingerprint density at radius 2 is 2.00 bits per heavy atom. The number of sulfone groups is 1. The highest BCUT2D eigenvalue weighted by Gasteiger charge is 2.71. The van der Waals surface area contributed by atoms with Crippen LogP contribution in [0.1, 0.15) is 35.2 Å². The molecule has 1 aromatic carbocycles. The number of carboxylic acids is 1. The van der Waals surface area contributed by atoms with Crippen molar-refractivity contribution in [1.29, 1.82) is 0 Å². The fourth-order valence-corrected chi connectivity index (χ4v) is 6.42. The maximum atomic E-state index is 13.0. The first-order valence-corrected chi connectivity index (χ1v) is 10.3. The first kappa shape index (κ1) is 20.2. The number of carbonyl (C=O) groups excluding carboxylic acids is 2. The van der Waals surface area contributed by atoms with E-state index in [1.807, 2.05) is 0 Å². The Morgan fingerprint density at radius 1 is 1.33 bits per heavy atom. The summed E-state index contributed by atoms with van der Waals surface area (Å²) >= 11 is 5.87. The number of aromatic nitrogens is 1. The number of phenols is 2. The summed E-state index contributed by atoms with van der Waals surface area (Å²) in [7, 11) is -4.21. The van der Waals surface area contributed by atoms with E-state index in [0.29, 0.717) is 0 Å². The lowest BCUT2D eigenvalue weighted by Gasteiger charge is -2.35. The molecule has 3 N–H and O–H groups in total. The molecule has 1 amide bonds. The average molecular weight is 457 g/mol. The minimum atomic E-state index is -4.21. The van der Waals surface area contributed by atoms with E-state index in [0.717, 1.165) is 30.0 Å². The van der Waals surface area contributed by atoms with E-state index in [-0.39, 0.29) is 17.7 Å². The van der Waals surface area contributed by atoms with Crippen molar-refractivity contribution in [1.82, 2.24) is 10.1 Å². The Hall–Kier alpha value is -3.12. The second-order valence-corrected chi connectivity index (χ2v) is 9.91. The molecule has 2 saturated heterocycles. The number of fused-ring (bicyclic) bond motifs is 1. The molecular weight excluding hydrogens is 444 g/mol. The number of nitrogens with zero attached hydrogens (tertiary/aromatic N) is 2. The molecule has 13 heteroatoms. The topological polar surface area (TPSA) is 175 Å². The predicted octanol–water partition coefficient (Wildman–Crippen LogP) is 0.625.